The molecule has 1 unspecified atom stereocenters. The predicted octanol–water partition coefficient (Wildman–Crippen LogP) is 1.06. The van der Waals surface area contributed by atoms with Gasteiger partial charge in [0.1, 0.15) is 5.82 Å². The number of hydrogen-bond donors (Lipinski definition) is 2. The third-order valence-corrected chi connectivity index (χ3v) is 4.42. The highest BCUT2D eigenvalue weighted by atomic mass is 32.2. The second-order valence-electron chi connectivity index (χ2n) is 4.56. The molecule has 1 aromatic heterocycles. The standard InChI is InChI=1S/C13H18N4OS/c1-10-15-16-12(17(10)2)19-9-13(14,8-18)11-6-4-3-5-7-11/h3-7,18H,8-9,14H2,1-2H3. The molecule has 0 aliphatic heterocycles. The third kappa shape index (κ3) is 2.97. The summed E-state index contributed by atoms with van der Waals surface area (Å²) in [6.45, 7) is 1.79. The number of nitrogens with zero attached hydrogens (tertiary/aromatic N) is 3. The predicted molar refractivity (Wildman–Crippen MR) is 75.9 cm³/mol. The van der Waals surface area contributed by atoms with Crippen LogP contribution in [-0.4, -0.2) is 32.2 Å². The number of aliphatic hydroxyl groups excluding tert-OH is 1. The van der Waals surface area contributed by atoms with Crippen molar-refractivity contribution in [3.8, 4) is 0 Å². The van der Waals surface area contributed by atoms with E-state index >= 15 is 0 Å². The van der Waals surface area contributed by atoms with Crippen molar-refractivity contribution in [1.82, 2.24) is 14.8 Å². The van der Waals surface area contributed by atoms with Gasteiger partial charge in [0.25, 0.3) is 0 Å². The van der Waals surface area contributed by atoms with E-state index in [1.165, 1.54) is 11.8 Å². The van der Waals surface area contributed by atoms with Crippen LogP contribution in [0.4, 0.5) is 0 Å². The second kappa shape index (κ2) is 5.73. The molecule has 0 aliphatic carbocycles. The molecule has 19 heavy (non-hydrogen) atoms. The summed E-state index contributed by atoms with van der Waals surface area (Å²) in [6, 6.07) is 9.63. The van der Waals surface area contributed by atoms with Gasteiger partial charge in [-0.25, -0.2) is 0 Å². The van der Waals surface area contributed by atoms with Gasteiger partial charge >= 0.3 is 0 Å². The monoisotopic (exact) mass is 278 g/mol. The quantitative estimate of drug-likeness (QED) is 0.800. The number of aryl methyl sites for hydroxylation is 1. The average Bonchev–Trinajstić information content (AvgIpc) is 2.77. The first-order chi connectivity index (χ1) is 9.07. The van der Waals surface area contributed by atoms with Crippen LogP contribution < -0.4 is 5.73 Å². The Kier molecular flexibility index (Phi) is 4.24. The van der Waals surface area contributed by atoms with Crippen molar-refractivity contribution in [2.45, 2.75) is 17.6 Å². The Hall–Kier alpha value is -1.37. The van der Waals surface area contributed by atoms with E-state index in [0.29, 0.717) is 5.75 Å². The van der Waals surface area contributed by atoms with Crippen molar-refractivity contribution < 1.29 is 5.11 Å². The fraction of sp³-hybridized carbons (Fsp3) is 0.385. The second-order valence-corrected chi connectivity index (χ2v) is 5.50. The van der Waals surface area contributed by atoms with Crippen molar-refractivity contribution in [1.29, 1.82) is 0 Å². The van der Waals surface area contributed by atoms with Crippen LogP contribution in [0.1, 0.15) is 11.4 Å². The average molecular weight is 278 g/mol. The molecule has 0 saturated heterocycles. The van der Waals surface area contributed by atoms with Crippen LogP contribution in [0.2, 0.25) is 0 Å². The summed E-state index contributed by atoms with van der Waals surface area (Å²) in [4.78, 5) is 0. The van der Waals surface area contributed by atoms with Crippen LogP contribution in [0.15, 0.2) is 35.5 Å². The summed E-state index contributed by atoms with van der Waals surface area (Å²) in [6.07, 6.45) is 0. The topological polar surface area (TPSA) is 77.0 Å². The van der Waals surface area contributed by atoms with Gasteiger partial charge in [0.2, 0.25) is 0 Å². The molecule has 0 fully saturated rings. The zero-order chi connectivity index (χ0) is 13.9. The normalized spacial score (nSPS) is 14.3. The Morgan fingerprint density at radius 2 is 2.00 bits per heavy atom. The van der Waals surface area contributed by atoms with E-state index in [4.69, 9.17) is 5.73 Å². The summed E-state index contributed by atoms with van der Waals surface area (Å²) in [5, 5.41) is 18.5. The molecule has 0 spiro atoms. The van der Waals surface area contributed by atoms with Crippen LogP contribution in [0.25, 0.3) is 0 Å². The minimum absolute atomic E-state index is 0.110. The summed E-state index contributed by atoms with van der Waals surface area (Å²) in [5.41, 5.74) is 6.44. The Balaban J connectivity index is 2.14. The van der Waals surface area contributed by atoms with E-state index in [0.717, 1.165) is 16.5 Å². The van der Waals surface area contributed by atoms with E-state index in [1.807, 2.05) is 48.9 Å². The molecule has 2 aromatic rings. The first-order valence-corrected chi connectivity index (χ1v) is 6.99. The lowest BCUT2D eigenvalue weighted by atomic mass is 9.94. The van der Waals surface area contributed by atoms with Crippen molar-refractivity contribution >= 4 is 11.8 Å². The molecule has 102 valence electrons. The molecular formula is C13H18N4OS. The lowest BCUT2D eigenvalue weighted by Gasteiger charge is -2.27. The Bertz CT molecular complexity index is 543. The van der Waals surface area contributed by atoms with E-state index in [9.17, 15) is 5.11 Å². The van der Waals surface area contributed by atoms with Gasteiger partial charge in [0.15, 0.2) is 5.16 Å². The fourth-order valence-corrected chi connectivity index (χ4v) is 2.77. The van der Waals surface area contributed by atoms with Gasteiger partial charge in [-0.2, -0.15) is 0 Å². The van der Waals surface area contributed by atoms with Crippen molar-refractivity contribution in [3.05, 3.63) is 41.7 Å². The minimum Gasteiger partial charge on any atom is -0.394 e. The molecule has 1 atom stereocenters. The maximum absolute atomic E-state index is 9.61. The van der Waals surface area contributed by atoms with E-state index < -0.39 is 5.54 Å². The van der Waals surface area contributed by atoms with Crippen LogP contribution in [-0.2, 0) is 12.6 Å². The van der Waals surface area contributed by atoms with Crippen LogP contribution in [0, 0.1) is 6.92 Å². The number of hydrogen-bond acceptors (Lipinski definition) is 5. The molecule has 2 rings (SSSR count). The number of rotatable bonds is 5. The summed E-state index contributed by atoms with van der Waals surface area (Å²) in [5.74, 6) is 1.40. The lowest BCUT2D eigenvalue weighted by molar-refractivity contribution is 0.213. The molecule has 0 aliphatic rings. The maximum Gasteiger partial charge on any atom is 0.191 e. The Morgan fingerprint density at radius 1 is 1.32 bits per heavy atom. The van der Waals surface area contributed by atoms with Gasteiger partial charge in [0.05, 0.1) is 12.1 Å². The van der Waals surface area contributed by atoms with E-state index in [2.05, 4.69) is 10.2 Å². The Labute approximate surface area is 116 Å². The molecule has 0 saturated carbocycles. The third-order valence-electron chi connectivity index (χ3n) is 3.14. The largest absolute Gasteiger partial charge is 0.394 e. The fourth-order valence-electron chi connectivity index (χ4n) is 1.70. The molecule has 0 bridgehead atoms. The van der Waals surface area contributed by atoms with Crippen molar-refractivity contribution in [3.63, 3.8) is 0 Å². The molecule has 3 N–H and O–H groups in total. The highest BCUT2D eigenvalue weighted by Gasteiger charge is 2.27. The molecule has 1 heterocycles. The smallest absolute Gasteiger partial charge is 0.191 e. The zero-order valence-electron chi connectivity index (χ0n) is 11.1. The molecule has 1 aromatic carbocycles. The van der Waals surface area contributed by atoms with Gasteiger partial charge < -0.3 is 15.4 Å². The van der Waals surface area contributed by atoms with Gasteiger partial charge in [-0.05, 0) is 12.5 Å². The SMILES string of the molecule is Cc1nnc(SCC(N)(CO)c2ccccc2)n1C. The van der Waals surface area contributed by atoms with Gasteiger partial charge in [-0.3, -0.25) is 0 Å². The highest BCUT2D eigenvalue weighted by molar-refractivity contribution is 7.99. The van der Waals surface area contributed by atoms with Gasteiger partial charge in [0, 0.05) is 12.8 Å². The van der Waals surface area contributed by atoms with E-state index in [1.54, 1.807) is 0 Å². The lowest BCUT2D eigenvalue weighted by Crippen LogP contribution is -2.43. The number of benzene rings is 1. The first kappa shape index (κ1) is 14.0. The minimum atomic E-state index is -0.772. The van der Waals surface area contributed by atoms with Crippen LogP contribution in [0.3, 0.4) is 0 Å². The number of nitrogens with two attached hydrogens (primary N) is 1. The molecule has 0 amide bonds. The van der Waals surface area contributed by atoms with E-state index in [-0.39, 0.29) is 6.61 Å². The number of aromatic nitrogens is 3. The summed E-state index contributed by atoms with van der Waals surface area (Å²) >= 11 is 1.50. The number of thioether (sulfide) groups is 1. The van der Waals surface area contributed by atoms with Gasteiger partial charge in [-0.1, -0.05) is 42.1 Å². The summed E-state index contributed by atoms with van der Waals surface area (Å²) in [7, 11) is 1.91. The summed E-state index contributed by atoms with van der Waals surface area (Å²) < 4.78 is 1.91. The molecule has 0 radical (unpaired) electrons. The first-order valence-electron chi connectivity index (χ1n) is 6.01. The zero-order valence-corrected chi connectivity index (χ0v) is 11.9. The molecular weight excluding hydrogens is 260 g/mol. The molecule has 5 nitrogen and oxygen atoms in total. The highest BCUT2D eigenvalue weighted by Crippen LogP contribution is 2.26. The van der Waals surface area contributed by atoms with Gasteiger partial charge in [-0.15, -0.1) is 10.2 Å². The molecule has 6 heteroatoms. The van der Waals surface area contributed by atoms with Crippen molar-refractivity contribution in [2.24, 2.45) is 12.8 Å². The number of aliphatic hydroxyl groups is 1. The van der Waals surface area contributed by atoms with Crippen molar-refractivity contribution in [2.75, 3.05) is 12.4 Å². The Morgan fingerprint density at radius 3 is 2.53 bits per heavy atom. The van der Waals surface area contributed by atoms with Crippen LogP contribution >= 0.6 is 11.8 Å². The van der Waals surface area contributed by atoms with Crippen LogP contribution in [0.5, 0.6) is 0 Å². The maximum atomic E-state index is 9.61.